The van der Waals surface area contributed by atoms with Crippen molar-refractivity contribution in [3.05, 3.63) is 0 Å². The fraction of sp³-hybridized carbons (Fsp3) is 0.938. The first-order valence-corrected chi connectivity index (χ1v) is 8.46. The molecule has 6 nitrogen and oxygen atoms in total. The number of hydrogen-bond donors (Lipinski definition) is 3. The Hall–Kier alpha value is -0.120. The van der Waals surface area contributed by atoms with Gasteiger partial charge in [0.1, 0.15) is 0 Å². The summed E-state index contributed by atoms with van der Waals surface area (Å²) in [6.07, 6.45) is 3.94. The summed E-state index contributed by atoms with van der Waals surface area (Å²) >= 11 is 0. The van der Waals surface area contributed by atoms with Crippen molar-refractivity contribution in [2.75, 3.05) is 46.1 Å². The van der Waals surface area contributed by atoms with Crippen LogP contribution in [-0.4, -0.2) is 62.7 Å². The van der Waals surface area contributed by atoms with Crippen molar-refractivity contribution in [3.8, 4) is 0 Å². The Kier molecular flexibility index (Phi) is 9.10. The van der Waals surface area contributed by atoms with Gasteiger partial charge in [0, 0.05) is 38.3 Å². The number of hydrogen-bond acceptors (Lipinski definition) is 4. The smallest absolute Gasteiger partial charge is 0.191 e. The zero-order valence-electron chi connectivity index (χ0n) is 14.4. The van der Waals surface area contributed by atoms with Crippen LogP contribution in [0.3, 0.4) is 0 Å². The van der Waals surface area contributed by atoms with Crippen molar-refractivity contribution in [3.63, 3.8) is 0 Å². The molecule has 2 rings (SSSR count). The summed E-state index contributed by atoms with van der Waals surface area (Å²) in [6.45, 7) is 8.84. The fourth-order valence-corrected chi connectivity index (χ4v) is 3.01. The lowest BCUT2D eigenvalue weighted by Crippen LogP contribution is -2.46. The molecule has 136 valence electrons. The SMILES string of the molecule is CCNC(=NCC1(CO)CCOCC1)NCC1(C)CCCO1.I. The van der Waals surface area contributed by atoms with Gasteiger partial charge in [-0.25, -0.2) is 0 Å². The van der Waals surface area contributed by atoms with E-state index in [2.05, 4.69) is 24.5 Å². The van der Waals surface area contributed by atoms with Crippen LogP contribution in [0.1, 0.15) is 39.5 Å². The zero-order valence-corrected chi connectivity index (χ0v) is 16.7. The highest BCUT2D eigenvalue weighted by atomic mass is 127. The van der Waals surface area contributed by atoms with Crippen LogP contribution >= 0.6 is 24.0 Å². The molecular weight excluding hydrogens is 409 g/mol. The Morgan fingerprint density at radius 3 is 2.48 bits per heavy atom. The van der Waals surface area contributed by atoms with Gasteiger partial charge in [-0.3, -0.25) is 4.99 Å². The van der Waals surface area contributed by atoms with Crippen molar-refractivity contribution in [1.82, 2.24) is 10.6 Å². The quantitative estimate of drug-likeness (QED) is 0.331. The van der Waals surface area contributed by atoms with Gasteiger partial charge in [0.05, 0.1) is 18.8 Å². The average Bonchev–Trinajstić information content (AvgIpc) is 2.98. The van der Waals surface area contributed by atoms with Crippen LogP contribution in [-0.2, 0) is 9.47 Å². The highest BCUT2D eigenvalue weighted by Gasteiger charge is 2.32. The Labute approximate surface area is 156 Å². The first-order valence-electron chi connectivity index (χ1n) is 8.46. The third-order valence-corrected chi connectivity index (χ3v) is 4.74. The van der Waals surface area contributed by atoms with E-state index in [0.717, 1.165) is 51.3 Å². The third-order valence-electron chi connectivity index (χ3n) is 4.74. The molecule has 2 heterocycles. The number of aliphatic imine (C=N–C) groups is 1. The van der Waals surface area contributed by atoms with Gasteiger partial charge in [-0.1, -0.05) is 0 Å². The molecule has 7 heteroatoms. The van der Waals surface area contributed by atoms with E-state index in [4.69, 9.17) is 14.5 Å². The monoisotopic (exact) mass is 441 g/mol. The third kappa shape index (κ3) is 6.36. The molecule has 0 amide bonds. The maximum Gasteiger partial charge on any atom is 0.191 e. The number of aliphatic hydroxyl groups excluding tert-OH is 1. The minimum absolute atomic E-state index is 0. The van der Waals surface area contributed by atoms with Crippen molar-refractivity contribution in [2.24, 2.45) is 10.4 Å². The summed E-state index contributed by atoms with van der Waals surface area (Å²) in [5, 5.41) is 16.4. The Balaban J connectivity index is 0.00000264. The van der Waals surface area contributed by atoms with E-state index in [0.29, 0.717) is 19.8 Å². The number of rotatable bonds is 6. The van der Waals surface area contributed by atoms with Gasteiger partial charge in [-0.2, -0.15) is 0 Å². The van der Waals surface area contributed by atoms with E-state index in [1.54, 1.807) is 0 Å². The van der Waals surface area contributed by atoms with Crippen molar-refractivity contribution in [1.29, 1.82) is 0 Å². The summed E-state index contributed by atoms with van der Waals surface area (Å²) in [7, 11) is 0. The molecule has 0 bridgehead atoms. The molecule has 0 aromatic carbocycles. The zero-order chi connectivity index (χ0) is 15.9. The molecule has 23 heavy (non-hydrogen) atoms. The van der Waals surface area contributed by atoms with Gasteiger partial charge in [0.15, 0.2) is 5.96 Å². The maximum absolute atomic E-state index is 9.74. The van der Waals surface area contributed by atoms with Crippen LogP contribution in [0.5, 0.6) is 0 Å². The first kappa shape index (κ1) is 20.9. The highest BCUT2D eigenvalue weighted by Crippen LogP contribution is 2.30. The van der Waals surface area contributed by atoms with E-state index in [1.807, 2.05) is 0 Å². The van der Waals surface area contributed by atoms with E-state index >= 15 is 0 Å². The Bertz CT molecular complexity index is 368. The first-order chi connectivity index (χ1) is 10.6. The van der Waals surface area contributed by atoms with Crippen molar-refractivity contribution < 1.29 is 14.6 Å². The second-order valence-electron chi connectivity index (χ2n) is 6.72. The molecule has 2 saturated heterocycles. The number of guanidine groups is 1. The molecule has 1 unspecified atom stereocenters. The van der Waals surface area contributed by atoms with E-state index in [-0.39, 0.29) is 41.6 Å². The van der Waals surface area contributed by atoms with Crippen LogP contribution in [0.2, 0.25) is 0 Å². The van der Waals surface area contributed by atoms with Crippen molar-refractivity contribution >= 4 is 29.9 Å². The minimum Gasteiger partial charge on any atom is -0.396 e. The molecular formula is C16H32IN3O3. The fourth-order valence-electron chi connectivity index (χ4n) is 3.01. The molecule has 3 N–H and O–H groups in total. The molecule has 0 saturated carbocycles. The summed E-state index contributed by atoms with van der Waals surface area (Å²) in [4.78, 5) is 4.70. The highest BCUT2D eigenvalue weighted by molar-refractivity contribution is 14.0. The van der Waals surface area contributed by atoms with Gasteiger partial charge >= 0.3 is 0 Å². The number of halogens is 1. The predicted molar refractivity (Wildman–Crippen MR) is 103 cm³/mol. The maximum atomic E-state index is 9.74. The molecule has 2 aliphatic heterocycles. The minimum atomic E-state index is -0.131. The van der Waals surface area contributed by atoms with E-state index in [1.165, 1.54) is 0 Å². The van der Waals surface area contributed by atoms with E-state index < -0.39 is 0 Å². The van der Waals surface area contributed by atoms with Gasteiger partial charge in [-0.15, -0.1) is 24.0 Å². The van der Waals surface area contributed by atoms with Crippen LogP contribution in [0.15, 0.2) is 4.99 Å². The van der Waals surface area contributed by atoms with Crippen LogP contribution < -0.4 is 10.6 Å². The molecule has 0 aliphatic carbocycles. The summed E-state index contributed by atoms with van der Waals surface area (Å²) in [5.74, 6) is 0.804. The van der Waals surface area contributed by atoms with Crippen LogP contribution in [0, 0.1) is 5.41 Å². The predicted octanol–water partition coefficient (Wildman–Crippen LogP) is 1.52. The van der Waals surface area contributed by atoms with Crippen molar-refractivity contribution in [2.45, 2.75) is 45.1 Å². The van der Waals surface area contributed by atoms with Gasteiger partial charge in [-0.05, 0) is 39.5 Å². The number of aliphatic hydroxyl groups is 1. The second-order valence-corrected chi connectivity index (χ2v) is 6.72. The van der Waals surface area contributed by atoms with E-state index in [9.17, 15) is 5.11 Å². The largest absolute Gasteiger partial charge is 0.396 e. The molecule has 0 spiro atoms. The molecule has 2 aliphatic rings. The summed E-state index contributed by atoms with van der Waals surface area (Å²) in [6, 6.07) is 0. The molecule has 0 aromatic rings. The van der Waals surface area contributed by atoms with Gasteiger partial charge in [0.25, 0.3) is 0 Å². The Morgan fingerprint density at radius 2 is 1.91 bits per heavy atom. The standard InChI is InChI=1S/C16H31N3O3.HI/c1-3-17-14(18-11-15(2)5-4-8-22-15)19-12-16(13-20)6-9-21-10-7-16;/h20H,3-13H2,1-2H3,(H2,17,18,19);1H. The molecule has 2 fully saturated rings. The second kappa shape index (κ2) is 10.0. The number of ether oxygens (including phenoxy) is 2. The topological polar surface area (TPSA) is 75.1 Å². The summed E-state index contributed by atoms with van der Waals surface area (Å²) < 4.78 is 11.2. The molecule has 0 aromatic heterocycles. The lowest BCUT2D eigenvalue weighted by atomic mass is 9.81. The summed E-state index contributed by atoms with van der Waals surface area (Å²) in [5.41, 5.74) is -0.224. The Morgan fingerprint density at radius 1 is 1.17 bits per heavy atom. The average molecular weight is 441 g/mol. The van der Waals surface area contributed by atoms with Crippen LogP contribution in [0.4, 0.5) is 0 Å². The molecule has 0 radical (unpaired) electrons. The van der Waals surface area contributed by atoms with Gasteiger partial charge < -0.3 is 25.2 Å². The van der Waals surface area contributed by atoms with Crippen LogP contribution in [0.25, 0.3) is 0 Å². The lowest BCUT2D eigenvalue weighted by Gasteiger charge is -2.34. The lowest BCUT2D eigenvalue weighted by molar-refractivity contribution is -0.0106. The normalized spacial score (nSPS) is 27.3. The number of nitrogens with one attached hydrogen (secondary N) is 2. The number of nitrogens with zero attached hydrogens (tertiary/aromatic N) is 1. The van der Waals surface area contributed by atoms with Gasteiger partial charge in [0.2, 0.25) is 0 Å². The molecule has 1 atom stereocenters.